The van der Waals surface area contributed by atoms with Crippen LogP contribution in [0.15, 0.2) is 201 Å². The van der Waals surface area contributed by atoms with Gasteiger partial charge in [0.2, 0.25) is 0 Å². The van der Waals surface area contributed by atoms with Crippen LogP contribution in [0.4, 0.5) is 17.1 Å². The minimum absolute atomic E-state index is 0.250. The summed E-state index contributed by atoms with van der Waals surface area (Å²) in [6, 6.07) is 68.6. The van der Waals surface area contributed by atoms with Gasteiger partial charge in [0.15, 0.2) is 0 Å². The van der Waals surface area contributed by atoms with Crippen molar-refractivity contribution in [3.8, 4) is 44.5 Å². The van der Waals surface area contributed by atoms with Crippen molar-refractivity contribution in [1.29, 1.82) is 0 Å². The number of anilines is 3. The number of nitrogens with zero attached hydrogens (tertiary/aromatic N) is 1. The van der Waals surface area contributed by atoms with Gasteiger partial charge in [-0.15, -0.1) is 0 Å². The van der Waals surface area contributed by atoms with Crippen LogP contribution >= 0.6 is 0 Å². The molecule has 4 nitrogen and oxygen atoms in total. The van der Waals surface area contributed by atoms with Crippen LogP contribution in [0.3, 0.4) is 0 Å². The van der Waals surface area contributed by atoms with Gasteiger partial charge >= 0.3 is 0 Å². The van der Waals surface area contributed by atoms with E-state index in [9.17, 15) is 0 Å². The van der Waals surface area contributed by atoms with Gasteiger partial charge in [-0.25, -0.2) is 0 Å². The summed E-state index contributed by atoms with van der Waals surface area (Å²) >= 11 is 0. The fraction of sp³-hybridized carbons (Fsp3) is 0.130. The predicted octanol–water partition coefficient (Wildman–Crippen LogP) is 19.4. The molecule has 73 heavy (non-hydrogen) atoms. The lowest BCUT2D eigenvalue weighted by Gasteiger charge is -2.32. The summed E-state index contributed by atoms with van der Waals surface area (Å²) in [7, 11) is 0. The predicted molar refractivity (Wildman–Crippen MR) is 301 cm³/mol. The summed E-state index contributed by atoms with van der Waals surface area (Å²) in [6.07, 6.45) is 0. The zero-order valence-electron chi connectivity index (χ0n) is 41.6. The standard InChI is InChI=1S/C69H49NO3/c1-67(2)49-35-39(31-33-42(49)57-51(67)37-47(38-19-8-7-9-20-38)65-60(57)45-23-12-16-28-54(45)72-65)70(52-26-18-30-56-58(52)44-22-11-15-27-53(44)71-56)40-32-34-43-50(36-40)69(5,6)63-59(43)61-46-24-13-17-29-55(46)73-66(61)62-41-21-10-14-25-48(41)68(3,4)64(62)63/h7-37H,1-6H3. The average Bonchev–Trinajstić information content (AvgIpc) is 4.25. The number of furan rings is 3. The van der Waals surface area contributed by atoms with Gasteiger partial charge in [0.1, 0.15) is 33.5 Å². The van der Waals surface area contributed by atoms with Gasteiger partial charge < -0.3 is 18.2 Å². The number of hydrogen-bond acceptors (Lipinski definition) is 4. The van der Waals surface area contributed by atoms with Crippen molar-refractivity contribution in [2.24, 2.45) is 0 Å². The molecule has 16 rings (SSSR count). The second-order valence-corrected chi connectivity index (χ2v) is 22.3. The molecule has 0 saturated carbocycles. The molecule has 4 heteroatoms. The monoisotopic (exact) mass is 939 g/mol. The maximum absolute atomic E-state index is 7.02. The molecular formula is C69H49NO3. The fourth-order valence-electron chi connectivity index (χ4n) is 14.1. The third-order valence-electron chi connectivity index (χ3n) is 17.4. The summed E-state index contributed by atoms with van der Waals surface area (Å²) in [4.78, 5) is 2.49. The molecule has 0 bridgehead atoms. The van der Waals surface area contributed by atoms with E-state index >= 15 is 0 Å². The second kappa shape index (κ2) is 13.9. The van der Waals surface area contributed by atoms with Crippen LogP contribution in [0.5, 0.6) is 0 Å². The van der Waals surface area contributed by atoms with Crippen molar-refractivity contribution in [2.75, 3.05) is 4.90 Å². The zero-order chi connectivity index (χ0) is 48.9. The second-order valence-electron chi connectivity index (χ2n) is 22.3. The molecule has 3 aliphatic rings. The minimum atomic E-state index is -0.368. The zero-order valence-corrected chi connectivity index (χ0v) is 41.6. The quantitative estimate of drug-likeness (QED) is 0.176. The summed E-state index contributed by atoms with van der Waals surface area (Å²) in [5.41, 5.74) is 25.6. The highest BCUT2D eigenvalue weighted by atomic mass is 16.3. The lowest BCUT2D eigenvalue weighted by molar-refractivity contribution is 0.600. The Morgan fingerprint density at radius 2 is 0.836 bits per heavy atom. The summed E-state index contributed by atoms with van der Waals surface area (Å²) in [5, 5.41) is 6.86. The van der Waals surface area contributed by atoms with Crippen LogP contribution in [-0.4, -0.2) is 0 Å². The highest BCUT2D eigenvalue weighted by Crippen LogP contribution is 2.64. The number of hydrogen-bond donors (Lipinski definition) is 0. The van der Waals surface area contributed by atoms with E-state index in [2.05, 4.69) is 234 Å². The third kappa shape index (κ3) is 5.15. The van der Waals surface area contributed by atoms with Crippen LogP contribution in [-0.2, 0) is 16.2 Å². The van der Waals surface area contributed by atoms with E-state index in [0.717, 1.165) is 83.2 Å². The molecule has 3 aliphatic carbocycles. The van der Waals surface area contributed by atoms with Gasteiger partial charge in [-0.1, -0.05) is 169 Å². The first-order valence-electron chi connectivity index (χ1n) is 25.7. The van der Waals surface area contributed by atoms with E-state index in [1.165, 1.54) is 77.5 Å². The van der Waals surface area contributed by atoms with Gasteiger partial charge in [-0.2, -0.15) is 0 Å². The number of rotatable bonds is 4. The Morgan fingerprint density at radius 1 is 0.329 bits per heavy atom. The first kappa shape index (κ1) is 41.1. The van der Waals surface area contributed by atoms with Crippen molar-refractivity contribution >= 4 is 82.9 Å². The van der Waals surface area contributed by atoms with E-state index in [1.807, 2.05) is 0 Å². The molecule has 0 spiro atoms. The molecule has 0 N–H and O–H groups in total. The highest BCUT2D eigenvalue weighted by molar-refractivity contribution is 6.22. The summed E-state index contributed by atoms with van der Waals surface area (Å²) < 4.78 is 20.5. The van der Waals surface area contributed by atoms with Crippen molar-refractivity contribution in [3.63, 3.8) is 0 Å². The van der Waals surface area contributed by atoms with Crippen LogP contribution in [0.2, 0.25) is 0 Å². The molecular weight excluding hydrogens is 891 g/mol. The van der Waals surface area contributed by atoms with Crippen molar-refractivity contribution in [1.82, 2.24) is 0 Å². The normalized spacial score (nSPS) is 15.3. The van der Waals surface area contributed by atoms with Crippen molar-refractivity contribution < 1.29 is 13.3 Å². The summed E-state index contributed by atoms with van der Waals surface area (Å²) in [6.45, 7) is 14.5. The molecule has 10 aromatic carbocycles. The molecule has 348 valence electrons. The van der Waals surface area contributed by atoms with Gasteiger partial charge in [0, 0.05) is 65.7 Å². The van der Waals surface area contributed by atoms with Gasteiger partial charge in [0.25, 0.3) is 0 Å². The minimum Gasteiger partial charge on any atom is -0.456 e. The first-order valence-corrected chi connectivity index (χ1v) is 25.7. The Kier molecular flexibility index (Phi) is 7.80. The molecule has 0 atom stereocenters. The van der Waals surface area contributed by atoms with Gasteiger partial charge in [-0.3, -0.25) is 0 Å². The van der Waals surface area contributed by atoms with E-state index in [1.54, 1.807) is 0 Å². The molecule has 13 aromatic rings. The average molecular weight is 940 g/mol. The van der Waals surface area contributed by atoms with Crippen LogP contribution in [0.25, 0.3) is 110 Å². The van der Waals surface area contributed by atoms with Crippen LogP contribution in [0, 0.1) is 0 Å². The Balaban J connectivity index is 0.955. The molecule has 3 heterocycles. The maximum atomic E-state index is 7.02. The van der Waals surface area contributed by atoms with Gasteiger partial charge in [0.05, 0.1) is 11.1 Å². The molecule has 0 aliphatic heterocycles. The molecule has 3 aromatic heterocycles. The number of benzene rings is 10. The maximum Gasteiger partial charge on any atom is 0.144 e. The van der Waals surface area contributed by atoms with E-state index in [0.29, 0.717) is 0 Å². The molecule has 0 radical (unpaired) electrons. The summed E-state index contributed by atoms with van der Waals surface area (Å²) in [5.74, 6) is 0. The van der Waals surface area contributed by atoms with E-state index in [4.69, 9.17) is 13.3 Å². The Bertz CT molecular complexity index is 4590. The lowest BCUT2D eigenvalue weighted by Crippen LogP contribution is -2.24. The molecule has 0 unspecified atom stereocenters. The van der Waals surface area contributed by atoms with E-state index in [-0.39, 0.29) is 16.2 Å². The number of para-hydroxylation sites is 3. The highest BCUT2D eigenvalue weighted by Gasteiger charge is 2.49. The number of fused-ring (bicyclic) bond motifs is 22. The SMILES string of the molecule is CC1(C)c2cc(N(c3ccc4c(c3)C(C)(C)c3c5c(c6oc7ccccc7c6c3-4)-c3ccccc3C5(C)C)c3cccc4oc5ccccc5c34)ccc2-c2c1cc(-c1ccccc1)c1oc3ccccc3c21. The third-order valence-corrected chi connectivity index (χ3v) is 17.4. The Hall–Kier alpha value is -8.60. The van der Waals surface area contributed by atoms with Crippen LogP contribution < -0.4 is 4.90 Å². The van der Waals surface area contributed by atoms with E-state index < -0.39 is 0 Å². The largest absolute Gasteiger partial charge is 0.456 e. The molecule has 0 fully saturated rings. The molecule has 0 saturated heterocycles. The Labute approximate surface area is 422 Å². The molecule has 0 amide bonds. The Morgan fingerprint density at radius 3 is 1.53 bits per heavy atom. The van der Waals surface area contributed by atoms with Gasteiger partial charge in [-0.05, 0) is 127 Å². The van der Waals surface area contributed by atoms with Crippen molar-refractivity contribution in [3.05, 3.63) is 221 Å². The van der Waals surface area contributed by atoms with Crippen LogP contribution in [0.1, 0.15) is 74.9 Å². The smallest absolute Gasteiger partial charge is 0.144 e. The fourth-order valence-corrected chi connectivity index (χ4v) is 14.1. The lowest BCUT2D eigenvalue weighted by atomic mass is 9.72. The van der Waals surface area contributed by atoms with Crippen molar-refractivity contribution in [2.45, 2.75) is 57.8 Å². The topological polar surface area (TPSA) is 42.7 Å². The first-order chi connectivity index (χ1) is 35.5.